The van der Waals surface area contributed by atoms with Crippen molar-refractivity contribution in [2.75, 3.05) is 0 Å². The van der Waals surface area contributed by atoms with E-state index in [1.165, 1.54) is 5.56 Å². The summed E-state index contributed by atoms with van der Waals surface area (Å²) in [6.45, 7) is 2.06. The van der Waals surface area contributed by atoms with Gasteiger partial charge in [0.1, 0.15) is 0 Å². The monoisotopic (exact) mass is 294 g/mol. The molecule has 2 nitrogen and oxygen atoms in total. The van der Waals surface area contributed by atoms with E-state index < -0.39 is 0 Å². The fourth-order valence-electron chi connectivity index (χ4n) is 1.99. The van der Waals surface area contributed by atoms with Gasteiger partial charge >= 0.3 is 0 Å². The Morgan fingerprint density at radius 3 is 2.42 bits per heavy atom. The zero-order valence-corrected chi connectivity index (χ0v) is 12.2. The SMILES string of the molecule is Cc1ccc(C(Cc2cc(Cl)ccc2Cl)NN)cc1. The molecule has 0 aromatic heterocycles. The van der Waals surface area contributed by atoms with Crippen molar-refractivity contribution in [2.45, 2.75) is 19.4 Å². The molecule has 0 aliphatic heterocycles. The summed E-state index contributed by atoms with van der Waals surface area (Å²) in [6.07, 6.45) is 0.693. The highest BCUT2D eigenvalue weighted by molar-refractivity contribution is 6.33. The molecule has 0 radical (unpaired) electrons. The van der Waals surface area contributed by atoms with E-state index in [-0.39, 0.29) is 6.04 Å². The Morgan fingerprint density at radius 1 is 1.11 bits per heavy atom. The molecule has 2 aromatic rings. The lowest BCUT2D eigenvalue weighted by Gasteiger charge is -2.17. The van der Waals surface area contributed by atoms with E-state index in [1.54, 1.807) is 6.07 Å². The molecule has 0 fully saturated rings. The summed E-state index contributed by atoms with van der Waals surface area (Å²) in [7, 11) is 0. The first-order chi connectivity index (χ1) is 9.10. The third-order valence-electron chi connectivity index (χ3n) is 3.11. The van der Waals surface area contributed by atoms with Crippen molar-refractivity contribution >= 4 is 23.2 Å². The van der Waals surface area contributed by atoms with Gasteiger partial charge < -0.3 is 0 Å². The Balaban J connectivity index is 2.23. The molecule has 100 valence electrons. The van der Waals surface area contributed by atoms with Crippen LogP contribution in [0.4, 0.5) is 0 Å². The largest absolute Gasteiger partial charge is 0.271 e. The van der Waals surface area contributed by atoms with Gasteiger partial charge in [0, 0.05) is 10.0 Å². The van der Waals surface area contributed by atoms with E-state index in [0.717, 1.165) is 11.1 Å². The normalized spacial score (nSPS) is 12.4. The molecule has 3 N–H and O–H groups in total. The minimum atomic E-state index is 0.0107. The van der Waals surface area contributed by atoms with Crippen LogP contribution in [-0.4, -0.2) is 0 Å². The number of halogens is 2. The second-order valence-corrected chi connectivity index (χ2v) is 5.41. The van der Waals surface area contributed by atoms with Crippen LogP contribution in [-0.2, 0) is 6.42 Å². The summed E-state index contributed by atoms with van der Waals surface area (Å²) >= 11 is 12.2. The molecular formula is C15H16Cl2N2. The van der Waals surface area contributed by atoms with Crippen molar-refractivity contribution in [2.24, 2.45) is 5.84 Å². The van der Waals surface area contributed by atoms with Crippen LogP contribution >= 0.6 is 23.2 Å². The number of nitrogens with two attached hydrogens (primary N) is 1. The van der Waals surface area contributed by atoms with Crippen molar-refractivity contribution in [1.29, 1.82) is 0 Å². The topological polar surface area (TPSA) is 38.0 Å². The molecule has 0 saturated heterocycles. The van der Waals surface area contributed by atoms with Gasteiger partial charge in [-0.15, -0.1) is 0 Å². The van der Waals surface area contributed by atoms with Crippen molar-refractivity contribution in [3.63, 3.8) is 0 Å². The lowest BCUT2D eigenvalue weighted by Crippen LogP contribution is -2.29. The van der Waals surface area contributed by atoms with Gasteiger partial charge in [-0.3, -0.25) is 11.3 Å². The molecular weight excluding hydrogens is 279 g/mol. The first-order valence-corrected chi connectivity index (χ1v) is 6.82. The maximum absolute atomic E-state index is 6.18. The molecule has 1 unspecified atom stereocenters. The second kappa shape index (κ2) is 6.40. The Hall–Kier alpha value is -1.06. The molecule has 0 saturated carbocycles. The highest BCUT2D eigenvalue weighted by Crippen LogP contribution is 2.26. The Bertz CT molecular complexity index is 553. The summed E-state index contributed by atoms with van der Waals surface area (Å²) in [4.78, 5) is 0. The van der Waals surface area contributed by atoms with E-state index in [0.29, 0.717) is 16.5 Å². The number of nitrogens with one attached hydrogen (secondary N) is 1. The third-order valence-corrected chi connectivity index (χ3v) is 3.72. The van der Waals surface area contributed by atoms with Crippen LogP contribution in [0.5, 0.6) is 0 Å². The minimum absolute atomic E-state index is 0.0107. The van der Waals surface area contributed by atoms with Gasteiger partial charge in [0.15, 0.2) is 0 Å². The molecule has 2 rings (SSSR count). The summed E-state index contributed by atoms with van der Waals surface area (Å²) in [5.74, 6) is 5.65. The smallest absolute Gasteiger partial charge is 0.0500 e. The van der Waals surface area contributed by atoms with Crippen LogP contribution in [0.15, 0.2) is 42.5 Å². The predicted octanol–water partition coefficient (Wildman–Crippen LogP) is 4.05. The summed E-state index contributed by atoms with van der Waals surface area (Å²) in [6, 6.07) is 13.8. The summed E-state index contributed by atoms with van der Waals surface area (Å²) in [5, 5.41) is 1.39. The van der Waals surface area contributed by atoms with Gasteiger partial charge in [-0.25, -0.2) is 0 Å². The highest BCUT2D eigenvalue weighted by Gasteiger charge is 2.12. The number of hydrogen-bond donors (Lipinski definition) is 2. The zero-order valence-electron chi connectivity index (χ0n) is 10.7. The van der Waals surface area contributed by atoms with Gasteiger partial charge in [0.25, 0.3) is 0 Å². The second-order valence-electron chi connectivity index (χ2n) is 4.57. The molecule has 0 amide bonds. The van der Waals surface area contributed by atoms with E-state index >= 15 is 0 Å². The number of benzene rings is 2. The van der Waals surface area contributed by atoms with E-state index in [2.05, 4.69) is 36.6 Å². The lowest BCUT2D eigenvalue weighted by atomic mass is 9.98. The molecule has 2 aromatic carbocycles. The first-order valence-electron chi connectivity index (χ1n) is 6.07. The van der Waals surface area contributed by atoms with Gasteiger partial charge in [-0.2, -0.15) is 0 Å². The molecule has 0 aliphatic rings. The first kappa shape index (κ1) is 14.4. The Morgan fingerprint density at radius 2 is 1.79 bits per heavy atom. The van der Waals surface area contributed by atoms with Crippen LogP contribution in [0, 0.1) is 6.92 Å². The van der Waals surface area contributed by atoms with Crippen molar-refractivity contribution < 1.29 is 0 Å². The molecule has 0 bridgehead atoms. The maximum Gasteiger partial charge on any atom is 0.0500 e. The minimum Gasteiger partial charge on any atom is -0.271 e. The summed E-state index contributed by atoms with van der Waals surface area (Å²) in [5.41, 5.74) is 6.17. The number of hydrazine groups is 1. The van der Waals surface area contributed by atoms with Crippen molar-refractivity contribution in [3.8, 4) is 0 Å². The molecule has 1 atom stereocenters. The van der Waals surface area contributed by atoms with Gasteiger partial charge in [-0.05, 0) is 42.7 Å². The Labute approximate surface area is 123 Å². The van der Waals surface area contributed by atoms with Crippen molar-refractivity contribution in [1.82, 2.24) is 5.43 Å². The van der Waals surface area contributed by atoms with E-state index in [9.17, 15) is 0 Å². The van der Waals surface area contributed by atoms with Crippen LogP contribution in [0.2, 0.25) is 10.0 Å². The van der Waals surface area contributed by atoms with Crippen LogP contribution in [0.1, 0.15) is 22.7 Å². The molecule has 0 aliphatic carbocycles. The average Bonchev–Trinajstić information content (AvgIpc) is 2.41. The predicted molar refractivity (Wildman–Crippen MR) is 81.4 cm³/mol. The van der Waals surface area contributed by atoms with Crippen LogP contribution < -0.4 is 11.3 Å². The maximum atomic E-state index is 6.18. The van der Waals surface area contributed by atoms with Crippen LogP contribution in [0.3, 0.4) is 0 Å². The van der Waals surface area contributed by atoms with Crippen molar-refractivity contribution in [3.05, 3.63) is 69.2 Å². The van der Waals surface area contributed by atoms with Gasteiger partial charge in [0.05, 0.1) is 6.04 Å². The molecule has 19 heavy (non-hydrogen) atoms. The highest BCUT2D eigenvalue weighted by atomic mass is 35.5. The van der Waals surface area contributed by atoms with Gasteiger partial charge in [-0.1, -0.05) is 53.0 Å². The Kier molecular flexibility index (Phi) is 4.83. The third kappa shape index (κ3) is 3.71. The zero-order chi connectivity index (χ0) is 13.8. The number of aryl methyl sites for hydroxylation is 1. The quantitative estimate of drug-likeness (QED) is 0.659. The fraction of sp³-hybridized carbons (Fsp3) is 0.200. The lowest BCUT2D eigenvalue weighted by molar-refractivity contribution is 0.552. The number of rotatable bonds is 4. The standard InChI is InChI=1S/C15H16Cl2N2/c1-10-2-4-11(5-3-10)15(19-18)9-12-8-13(16)6-7-14(12)17/h2-8,15,19H,9,18H2,1H3. The molecule has 4 heteroatoms. The molecule has 0 spiro atoms. The van der Waals surface area contributed by atoms with Gasteiger partial charge in [0.2, 0.25) is 0 Å². The fourth-order valence-corrected chi connectivity index (χ4v) is 2.38. The number of hydrogen-bond acceptors (Lipinski definition) is 2. The van der Waals surface area contributed by atoms with E-state index in [1.807, 2.05) is 12.1 Å². The van der Waals surface area contributed by atoms with Crippen LogP contribution in [0.25, 0.3) is 0 Å². The van der Waals surface area contributed by atoms with E-state index in [4.69, 9.17) is 29.0 Å². The average molecular weight is 295 g/mol. The summed E-state index contributed by atoms with van der Waals surface area (Å²) < 4.78 is 0. The molecule has 0 heterocycles.